The fourth-order valence-electron chi connectivity index (χ4n) is 3.28. The fraction of sp³-hybridized carbons (Fsp3) is 0.0400. The van der Waals surface area contributed by atoms with E-state index in [0.29, 0.717) is 15.8 Å². The van der Waals surface area contributed by atoms with Gasteiger partial charge in [-0.1, -0.05) is 18.2 Å². The molecule has 1 aliphatic rings. The van der Waals surface area contributed by atoms with Gasteiger partial charge in [-0.25, -0.2) is 18.9 Å². The highest BCUT2D eigenvalue weighted by Crippen LogP contribution is 2.29. The number of hydrogen-bond donors (Lipinski definition) is 2. The number of carboxylic acids is 1. The maximum Gasteiger partial charge on any atom is 0.335 e. The lowest BCUT2D eigenvalue weighted by atomic mass is 10.1. The Hall–Kier alpha value is -4.31. The maximum absolute atomic E-state index is 13.2. The lowest BCUT2D eigenvalue weighted by Crippen LogP contribution is -2.54. The number of carbonyl (C=O) groups is 4. The molecule has 0 atom stereocenters. The highest BCUT2D eigenvalue weighted by Gasteiger charge is 2.36. The van der Waals surface area contributed by atoms with E-state index in [0.717, 1.165) is 22.6 Å². The Morgan fingerprint density at radius 3 is 2.34 bits per heavy atom. The number of benzene rings is 3. The summed E-state index contributed by atoms with van der Waals surface area (Å²) in [4.78, 5) is 49.2. The van der Waals surface area contributed by atoms with Gasteiger partial charge < -0.3 is 9.84 Å². The molecule has 4 amide bonds. The van der Waals surface area contributed by atoms with Crippen LogP contribution in [0.1, 0.15) is 21.5 Å². The third kappa shape index (κ3) is 5.28. The summed E-state index contributed by atoms with van der Waals surface area (Å²) in [7, 11) is 0. The summed E-state index contributed by atoms with van der Waals surface area (Å²) in [6.07, 6.45) is 1.33. The topological polar surface area (TPSA) is 113 Å². The molecule has 35 heavy (non-hydrogen) atoms. The first kappa shape index (κ1) is 23.8. The van der Waals surface area contributed by atoms with E-state index >= 15 is 0 Å². The third-order valence-electron chi connectivity index (χ3n) is 5.05. The van der Waals surface area contributed by atoms with Gasteiger partial charge in [0.2, 0.25) is 0 Å². The number of carbonyl (C=O) groups excluding carboxylic acids is 3. The molecule has 2 N–H and O–H groups in total. The minimum Gasteiger partial charge on any atom is -0.488 e. The number of carboxylic acid groups (broad SMARTS) is 1. The molecule has 4 rings (SSSR count). The van der Waals surface area contributed by atoms with Crippen LogP contribution in [-0.2, 0) is 16.2 Å². The molecular formula is C25H16BrFN2O6. The van der Waals surface area contributed by atoms with E-state index in [1.807, 2.05) is 0 Å². The Bertz CT molecular complexity index is 1370. The van der Waals surface area contributed by atoms with Crippen molar-refractivity contribution < 1.29 is 33.4 Å². The van der Waals surface area contributed by atoms with E-state index in [2.05, 4.69) is 21.2 Å². The van der Waals surface area contributed by atoms with E-state index in [1.54, 1.807) is 30.3 Å². The van der Waals surface area contributed by atoms with Gasteiger partial charge in [-0.3, -0.25) is 14.9 Å². The summed E-state index contributed by atoms with van der Waals surface area (Å²) in [6, 6.07) is 15.0. The van der Waals surface area contributed by atoms with Crippen molar-refractivity contribution in [2.24, 2.45) is 0 Å². The van der Waals surface area contributed by atoms with Crippen LogP contribution in [0.2, 0.25) is 0 Å². The Kier molecular flexibility index (Phi) is 6.74. The lowest BCUT2D eigenvalue weighted by molar-refractivity contribution is -0.122. The van der Waals surface area contributed by atoms with Crippen LogP contribution in [0.25, 0.3) is 6.08 Å². The molecule has 0 saturated carbocycles. The van der Waals surface area contributed by atoms with E-state index in [9.17, 15) is 23.6 Å². The van der Waals surface area contributed by atoms with Crippen LogP contribution in [0.15, 0.2) is 76.8 Å². The minimum atomic E-state index is -1.01. The quantitative estimate of drug-likeness (QED) is 0.352. The van der Waals surface area contributed by atoms with E-state index in [-0.39, 0.29) is 23.4 Å². The molecule has 8 nitrogen and oxygen atoms in total. The lowest BCUT2D eigenvalue weighted by Gasteiger charge is -2.26. The average molecular weight is 539 g/mol. The van der Waals surface area contributed by atoms with Crippen LogP contribution in [0.4, 0.5) is 14.9 Å². The van der Waals surface area contributed by atoms with Crippen molar-refractivity contribution >= 4 is 51.5 Å². The highest BCUT2D eigenvalue weighted by molar-refractivity contribution is 9.10. The van der Waals surface area contributed by atoms with E-state index in [4.69, 9.17) is 9.84 Å². The largest absolute Gasteiger partial charge is 0.488 e. The van der Waals surface area contributed by atoms with Crippen LogP contribution < -0.4 is 15.0 Å². The van der Waals surface area contributed by atoms with Crippen molar-refractivity contribution in [2.75, 3.05) is 4.90 Å². The molecule has 10 heteroatoms. The normalized spacial score (nSPS) is 14.7. The smallest absolute Gasteiger partial charge is 0.335 e. The van der Waals surface area contributed by atoms with Gasteiger partial charge in [0.15, 0.2) is 0 Å². The van der Waals surface area contributed by atoms with Gasteiger partial charge in [0, 0.05) is 0 Å². The van der Waals surface area contributed by atoms with Crippen molar-refractivity contribution in [3.05, 3.63) is 99.3 Å². The molecule has 3 aromatic carbocycles. The molecule has 1 saturated heterocycles. The number of hydrogen-bond acceptors (Lipinski definition) is 5. The zero-order valence-corrected chi connectivity index (χ0v) is 19.4. The summed E-state index contributed by atoms with van der Waals surface area (Å²) in [5.41, 5.74) is 1.28. The predicted molar refractivity (Wildman–Crippen MR) is 127 cm³/mol. The molecule has 0 aliphatic carbocycles. The number of nitrogens with one attached hydrogen (secondary N) is 1. The Morgan fingerprint density at radius 2 is 1.71 bits per heavy atom. The molecule has 0 aromatic heterocycles. The molecular weight excluding hydrogens is 523 g/mol. The van der Waals surface area contributed by atoms with Crippen LogP contribution in [0.5, 0.6) is 5.75 Å². The summed E-state index contributed by atoms with van der Waals surface area (Å²) in [6.45, 7) is 0.189. The molecule has 0 bridgehead atoms. The standard InChI is InChI=1S/C25H16BrFN2O6/c26-20-12-15(3-10-21(20)35-13-14-1-4-16(5-2-14)24(32)33)11-19-22(30)28-25(34)29(23(19)31)18-8-6-17(27)7-9-18/h1-12H,13H2,(H,32,33)(H,28,30,34). The number of imide groups is 2. The summed E-state index contributed by atoms with van der Waals surface area (Å²) in [5.74, 6) is -2.75. The number of amides is 4. The van der Waals surface area contributed by atoms with Gasteiger partial charge >= 0.3 is 12.0 Å². The van der Waals surface area contributed by atoms with Gasteiger partial charge in [0.1, 0.15) is 23.7 Å². The Labute approximate surface area is 206 Å². The maximum atomic E-state index is 13.2. The third-order valence-corrected chi connectivity index (χ3v) is 5.67. The molecule has 1 fully saturated rings. The number of urea groups is 1. The van der Waals surface area contributed by atoms with Crippen molar-refractivity contribution in [3.63, 3.8) is 0 Å². The zero-order chi connectivity index (χ0) is 25.1. The van der Waals surface area contributed by atoms with Crippen molar-refractivity contribution in [2.45, 2.75) is 6.61 Å². The SMILES string of the molecule is O=C1NC(=O)N(c2ccc(F)cc2)C(=O)C1=Cc1ccc(OCc2ccc(C(=O)O)cc2)c(Br)c1. The Balaban J connectivity index is 1.52. The molecule has 0 unspecified atom stereocenters. The summed E-state index contributed by atoms with van der Waals surface area (Å²) < 4.78 is 19.5. The second-order valence-electron chi connectivity index (χ2n) is 7.41. The predicted octanol–water partition coefficient (Wildman–Crippen LogP) is 4.53. The summed E-state index contributed by atoms with van der Waals surface area (Å²) in [5, 5.41) is 11.1. The van der Waals surface area contributed by atoms with Gasteiger partial charge in [0.05, 0.1) is 15.7 Å². The van der Waals surface area contributed by atoms with Crippen LogP contribution >= 0.6 is 15.9 Å². The molecule has 0 spiro atoms. The molecule has 176 valence electrons. The van der Waals surface area contributed by atoms with Gasteiger partial charge in [-0.15, -0.1) is 0 Å². The number of anilines is 1. The molecule has 1 heterocycles. The van der Waals surface area contributed by atoms with Gasteiger partial charge in [0.25, 0.3) is 11.8 Å². The first-order chi connectivity index (χ1) is 16.7. The number of aromatic carboxylic acids is 1. The first-order valence-electron chi connectivity index (χ1n) is 10.1. The second-order valence-corrected chi connectivity index (χ2v) is 8.27. The second kappa shape index (κ2) is 9.90. The van der Waals surface area contributed by atoms with Crippen LogP contribution in [-0.4, -0.2) is 28.9 Å². The highest BCUT2D eigenvalue weighted by atomic mass is 79.9. The zero-order valence-electron chi connectivity index (χ0n) is 17.8. The number of nitrogens with zero attached hydrogens (tertiary/aromatic N) is 1. The van der Waals surface area contributed by atoms with Crippen molar-refractivity contribution in [1.29, 1.82) is 0 Å². The molecule has 3 aromatic rings. The van der Waals surface area contributed by atoms with Gasteiger partial charge in [-0.2, -0.15) is 0 Å². The average Bonchev–Trinajstić information content (AvgIpc) is 2.82. The monoisotopic (exact) mass is 538 g/mol. The Morgan fingerprint density at radius 1 is 1.03 bits per heavy atom. The fourth-order valence-corrected chi connectivity index (χ4v) is 3.79. The number of halogens is 2. The number of barbiturate groups is 1. The van der Waals surface area contributed by atoms with Crippen LogP contribution in [0.3, 0.4) is 0 Å². The van der Waals surface area contributed by atoms with Crippen LogP contribution in [0, 0.1) is 5.82 Å². The van der Waals surface area contributed by atoms with E-state index in [1.165, 1.54) is 30.3 Å². The van der Waals surface area contributed by atoms with Crippen molar-refractivity contribution in [3.8, 4) is 5.75 Å². The first-order valence-corrected chi connectivity index (χ1v) is 10.9. The summed E-state index contributed by atoms with van der Waals surface area (Å²) >= 11 is 3.39. The van der Waals surface area contributed by atoms with Gasteiger partial charge in [-0.05, 0) is 81.7 Å². The molecule has 0 radical (unpaired) electrons. The van der Waals surface area contributed by atoms with Crippen molar-refractivity contribution in [1.82, 2.24) is 5.32 Å². The number of ether oxygens (including phenoxy) is 1. The van der Waals surface area contributed by atoms with E-state index < -0.39 is 29.6 Å². The number of rotatable bonds is 6. The molecule has 1 aliphatic heterocycles. The minimum absolute atomic E-state index is 0.119.